The van der Waals surface area contributed by atoms with E-state index in [1.807, 2.05) is 32.1 Å². The minimum absolute atomic E-state index is 0.204. The fraction of sp³-hybridized carbons (Fsp3) is 0.615. The van der Waals surface area contributed by atoms with Gasteiger partial charge in [-0.25, -0.2) is 4.79 Å². The number of isocyanates is 1. The molecule has 2 unspecified atom stereocenters. The summed E-state index contributed by atoms with van der Waals surface area (Å²) in [6.07, 6.45) is 7.53. The molecule has 0 amide bonds. The Morgan fingerprint density at radius 1 is 1.44 bits per heavy atom. The Labute approximate surface area is 102 Å². The van der Waals surface area contributed by atoms with Gasteiger partial charge in [-0.05, 0) is 17.4 Å². The molecule has 0 spiro atoms. The van der Waals surface area contributed by atoms with E-state index in [0.29, 0.717) is 5.92 Å². The topological polar surface area (TPSA) is 29.4 Å². The number of hydrogen-bond donors (Lipinski definition) is 0. The van der Waals surface area contributed by atoms with Crippen molar-refractivity contribution in [1.82, 2.24) is 0 Å². The Morgan fingerprint density at radius 2 is 2.06 bits per heavy atom. The molecule has 0 saturated carbocycles. The third-order valence-corrected chi connectivity index (χ3v) is 3.88. The number of aliphatic imine (C=N–C) groups is 1. The molecule has 0 N–H and O–H groups in total. The van der Waals surface area contributed by atoms with Gasteiger partial charge in [0.2, 0.25) is 6.08 Å². The predicted octanol–water partition coefficient (Wildman–Crippen LogP) is 3.48. The van der Waals surface area contributed by atoms with Gasteiger partial charge >= 0.3 is 0 Å². The summed E-state index contributed by atoms with van der Waals surface area (Å²) >= 11 is 6.59. The van der Waals surface area contributed by atoms with Crippen LogP contribution in [0.3, 0.4) is 0 Å². The summed E-state index contributed by atoms with van der Waals surface area (Å²) in [5, 5.41) is 0. The fourth-order valence-corrected chi connectivity index (χ4v) is 2.23. The zero-order valence-electron chi connectivity index (χ0n) is 10.2. The number of nitrogens with zero attached hydrogens (tertiary/aromatic N) is 1. The van der Waals surface area contributed by atoms with E-state index in [2.05, 4.69) is 18.8 Å². The molecule has 2 atom stereocenters. The second-order valence-electron chi connectivity index (χ2n) is 4.79. The lowest BCUT2D eigenvalue weighted by atomic mass is 9.77. The highest BCUT2D eigenvalue weighted by molar-refractivity contribution is 6.26. The second-order valence-corrected chi connectivity index (χ2v) is 5.44. The third kappa shape index (κ3) is 2.28. The first-order valence-electron chi connectivity index (χ1n) is 5.58. The van der Waals surface area contributed by atoms with E-state index in [0.717, 1.165) is 5.57 Å². The largest absolute Gasteiger partial charge is 0.235 e. The quantitative estimate of drug-likeness (QED) is 0.421. The van der Waals surface area contributed by atoms with Gasteiger partial charge in [0.25, 0.3) is 0 Å². The molecule has 0 aromatic heterocycles. The van der Waals surface area contributed by atoms with E-state index in [1.165, 1.54) is 0 Å². The molecule has 3 heteroatoms. The maximum atomic E-state index is 10.5. The van der Waals surface area contributed by atoms with Crippen molar-refractivity contribution in [2.24, 2.45) is 16.8 Å². The highest BCUT2D eigenvalue weighted by Gasteiger charge is 2.41. The molecule has 0 aromatic rings. The van der Waals surface area contributed by atoms with Crippen LogP contribution in [0.2, 0.25) is 0 Å². The number of allylic oxidation sites excluding steroid dienone is 2. The number of rotatable bonds is 3. The molecule has 16 heavy (non-hydrogen) atoms. The van der Waals surface area contributed by atoms with E-state index in [4.69, 9.17) is 11.6 Å². The standard InChI is InChI=1S/C13H18ClNO/c1-9(2)11-6-5-7-13(14,10(3)4)12(11)15-8-16/h5-7,9-10,12H,1-4H3. The number of carbonyl (C=O) groups excluding carboxylic acids is 1. The second kappa shape index (κ2) is 4.99. The summed E-state index contributed by atoms with van der Waals surface area (Å²) in [5.41, 5.74) is 1.09. The Kier molecular flexibility index (Phi) is 4.12. The molecular weight excluding hydrogens is 222 g/mol. The van der Waals surface area contributed by atoms with Crippen molar-refractivity contribution >= 4 is 17.7 Å². The lowest BCUT2D eigenvalue weighted by molar-refractivity contribution is 0.426. The van der Waals surface area contributed by atoms with Gasteiger partial charge in [-0.15, -0.1) is 11.6 Å². The molecule has 0 heterocycles. The average molecular weight is 240 g/mol. The van der Waals surface area contributed by atoms with Crippen LogP contribution in [0.1, 0.15) is 27.7 Å². The summed E-state index contributed by atoms with van der Waals surface area (Å²) in [7, 11) is 0. The Hall–Kier alpha value is -0.850. The highest BCUT2D eigenvalue weighted by Crippen LogP contribution is 2.40. The molecule has 0 bridgehead atoms. The van der Waals surface area contributed by atoms with E-state index in [9.17, 15) is 4.79 Å². The molecule has 0 fully saturated rings. The maximum Gasteiger partial charge on any atom is 0.235 e. The van der Waals surface area contributed by atoms with Crippen molar-refractivity contribution in [2.75, 3.05) is 0 Å². The fourth-order valence-electron chi connectivity index (χ4n) is 1.99. The van der Waals surface area contributed by atoms with Crippen LogP contribution in [0.25, 0.3) is 0 Å². The van der Waals surface area contributed by atoms with Crippen LogP contribution in [0, 0.1) is 11.8 Å². The third-order valence-electron chi connectivity index (χ3n) is 3.11. The Bertz CT molecular complexity index is 364. The van der Waals surface area contributed by atoms with Crippen LogP contribution < -0.4 is 0 Å². The SMILES string of the molecule is CC(C)C1=CC=CC(Cl)(C(C)C)C1N=C=O. The predicted molar refractivity (Wildman–Crippen MR) is 67.4 cm³/mol. The lowest BCUT2D eigenvalue weighted by Gasteiger charge is -2.37. The van der Waals surface area contributed by atoms with E-state index >= 15 is 0 Å². The minimum Gasteiger partial charge on any atom is -0.211 e. The molecule has 1 aliphatic rings. The minimum atomic E-state index is -0.605. The number of halogens is 1. The van der Waals surface area contributed by atoms with Crippen LogP contribution >= 0.6 is 11.6 Å². The van der Waals surface area contributed by atoms with Crippen LogP contribution in [0.15, 0.2) is 28.8 Å². The molecule has 1 rings (SSSR count). The highest BCUT2D eigenvalue weighted by atomic mass is 35.5. The first kappa shape index (κ1) is 13.2. The van der Waals surface area contributed by atoms with Gasteiger partial charge in [0, 0.05) is 0 Å². The normalized spacial score (nSPS) is 29.2. The van der Waals surface area contributed by atoms with Crippen LogP contribution in [-0.4, -0.2) is 17.0 Å². The van der Waals surface area contributed by atoms with Gasteiger partial charge < -0.3 is 0 Å². The van der Waals surface area contributed by atoms with E-state index < -0.39 is 4.87 Å². The molecule has 1 aliphatic carbocycles. The number of hydrogen-bond acceptors (Lipinski definition) is 2. The smallest absolute Gasteiger partial charge is 0.211 e. The van der Waals surface area contributed by atoms with Crippen molar-refractivity contribution in [3.05, 3.63) is 23.8 Å². The molecule has 0 aromatic carbocycles. The Balaban J connectivity index is 3.21. The van der Waals surface area contributed by atoms with Gasteiger partial charge in [-0.1, -0.05) is 45.9 Å². The van der Waals surface area contributed by atoms with Crippen molar-refractivity contribution < 1.29 is 4.79 Å². The molecule has 0 radical (unpaired) electrons. The lowest BCUT2D eigenvalue weighted by Crippen LogP contribution is -2.42. The molecule has 0 aliphatic heterocycles. The first-order valence-corrected chi connectivity index (χ1v) is 5.96. The summed E-state index contributed by atoms with van der Waals surface area (Å²) < 4.78 is 0. The summed E-state index contributed by atoms with van der Waals surface area (Å²) in [4.78, 5) is 13.8. The van der Waals surface area contributed by atoms with Crippen LogP contribution in [0.5, 0.6) is 0 Å². The first-order chi connectivity index (χ1) is 7.43. The summed E-state index contributed by atoms with van der Waals surface area (Å²) in [6, 6.07) is -0.295. The van der Waals surface area contributed by atoms with Crippen molar-refractivity contribution in [2.45, 2.75) is 38.6 Å². The number of alkyl halides is 1. The molecule has 2 nitrogen and oxygen atoms in total. The van der Waals surface area contributed by atoms with Gasteiger partial charge in [0.05, 0.1) is 4.87 Å². The van der Waals surface area contributed by atoms with Gasteiger partial charge in [-0.2, -0.15) is 4.99 Å². The van der Waals surface area contributed by atoms with Crippen LogP contribution in [-0.2, 0) is 4.79 Å². The van der Waals surface area contributed by atoms with E-state index in [1.54, 1.807) is 6.08 Å². The van der Waals surface area contributed by atoms with Crippen molar-refractivity contribution in [1.29, 1.82) is 0 Å². The monoisotopic (exact) mass is 239 g/mol. The Morgan fingerprint density at radius 3 is 2.50 bits per heavy atom. The zero-order valence-corrected chi connectivity index (χ0v) is 11.0. The molecular formula is C13H18ClNO. The van der Waals surface area contributed by atoms with Crippen molar-refractivity contribution in [3.8, 4) is 0 Å². The average Bonchev–Trinajstić information content (AvgIpc) is 2.20. The molecule has 0 saturated heterocycles. The zero-order chi connectivity index (χ0) is 12.3. The van der Waals surface area contributed by atoms with Crippen molar-refractivity contribution in [3.63, 3.8) is 0 Å². The van der Waals surface area contributed by atoms with Gasteiger partial charge in [0.1, 0.15) is 6.04 Å². The van der Waals surface area contributed by atoms with E-state index in [-0.39, 0.29) is 12.0 Å². The maximum absolute atomic E-state index is 10.5. The molecule has 88 valence electrons. The van der Waals surface area contributed by atoms with Gasteiger partial charge in [0.15, 0.2) is 0 Å². The van der Waals surface area contributed by atoms with Crippen LogP contribution in [0.4, 0.5) is 0 Å². The van der Waals surface area contributed by atoms with Gasteiger partial charge in [-0.3, -0.25) is 0 Å². The summed E-state index contributed by atoms with van der Waals surface area (Å²) in [5.74, 6) is 0.527. The summed E-state index contributed by atoms with van der Waals surface area (Å²) in [6.45, 7) is 8.23.